The predicted octanol–water partition coefficient (Wildman–Crippen LogP) is 6.20. The van der Waals surface area contributed by atoms with E-state index in [9.17, 15) is 35.4 Å². The normalized spacial score (nSPS) is 21.4. The molecule has 57 heavy (non-hydrogen) atoms. The molecule has 1 aliphatic heterocycles. The van der Waals surface area contributed by atoms with Crippen LogP contribution in [0.3, 0.4) is 0 Å². The Morgan fingerprint density at radius 2 is 1.05 bits per heavy atom. The van der Waals surface area contributed by atoms with Gasteiger partial charge in [0.05, 0.1) is 39.1 Å². The van der Waals surface area contributed by atoms with Crippen LogP contribution in [0.25, 0.3) is 0 Å². The van der Waals surface area contributed by atoms with Gasteiger partial charge in [0.15, 0.2) is 6.29 Å². The van der Waals surface area contributed by atoms with Gasteiger partial charge in [0.1, 0.15) is 43.4 Å². The average Bonchev–Trinajstić information content (AvgIpc) is 3.21. The molecule has 0 radical (unpaired) electrons. The standard InChI is InChI=1S/C44H87NO12/c1-3-5-7-8-9-10-11-12-13-14-15-16-17-18-19-20-21-22-23-24-25-26-27-28-39(48)45-36(33-56-44-43(52)42(51)41(50)38(32-46)57-44)40(49)37(47)34-55-35-54-31-30-53-29-6-4-2/h36-38,40-44,46-47,49-52H,3-35H2,1-2H3,(H,45,48)/t36-,37+,38+,40-,41-,42-,43+,44-/m0/s1. The van der Waals surface area contributed by atoms with Gasteiger partial charge in [-0.2, -0.15) is 0 Å². The van der Waals surface area contributed by atoms with E-state index < -0.39 is 62.2 Å². The molecule has 0 bridgehead atoms. The number of carbonyl (C=O) groups excluding carboxylic acids is 1. The third kappa shape index (κ3) is 28.2. The zero-order chi connectivity index (χ0) is 41.8. The first-order valence-corrected chi connectivity index (χ1v) is 23.1. The average molecular weight is 822 g/mol. The van der Waals surface area contributed by atoms with E-state index in [2.05, 4.69) is 19.2 Å². The molecule has 1 amide bonds. The topological polar surface area (TPSA) is 197 Å². The number of nitrogens with one attached hydrogen (secondary N) is 1. The lowest BCUT2D eigenvalue weighted by molar-refractivity contribution is -0.303. The molecule has 1 heterocycles. The number of rotatable bonds is 41. The van der Waals surface area contributed by atoms with Crippen molar-refractivity contribution in [3.63, 3.8) is 0 Å². The molecular weight excluding hydrogens is 734 g/mol. The summed E-state index contributed by atoms with van der Waals surface area (Å²) < 4.78 is 27.1. The summed E-state index contributed by atoms with van der Waals surface area (Å²) in [6.07, 6.45) is 21.5. The van der Waals surface area contributed by atoms with Gasteiger partial charge in [-0.1, -0.05) is 162 Å². The number of carbonyl (C=O) groups is 1. The maximum atomic E-state index is 12.9. The molecule has 340 valence electrons. The number of hydrogen-bond acceptors (Lipinski definition) is 12. The molecular formula is C44H87NO12. The van der Waals surface area contributed by atoms with Crippen molar-refractivity contribution >= 4 is 5.91 Å². The van der Waals surface area contributed by atoms with Crippen LogP contribution in [0.2, 0.25) is 0 Å². The summed E-state index contributed by atoms with van der Waals surface area (Å²) in [5, 5.41) is 64.4. The first-order chi connectivity index (χ1) is 27.8. The van der Waals surface area contributed by atoms with E-state index in [1.807, 2.05) is 0 Å². The van der Waals surface area contributed by atoms with Crippen molar-refractivity contribution in [2.24, 2.45) is 0 Å². The van der Waals surface area contributed by atoms with E-state index in [-0.39, 0.29) is 25.7 Å². The van der Waals surface area contributed by atoms with Gasteiger partial charge in [0, 0.05) is 13.0 Å². The number of aliphatic hydroxyl groups excluding tert-OH is 6. The van der Waals surface area contributed by atoms with Gasteiger partial charge in [-0.15, -0.1) is 0 Å². The zero-order valence-corrected chi connectivity index (χ0v) is 36.1. The van der Waals surface area contributed by atoms with Crippen molar-refractivity contribution in [2.45, 2.75) is 230 Å². The quantitative estimate of drug-likeness (QED) is 0.0273. The van der Waals surface area contributed by atoms with Crippen LogP contribution in [0.5, 0.6) is 0 Å². The lowest BCUT2D eigenvalue weighted by atomic mass is 9.99. The summed E-state index contributed by atoms with van der Waals surface area (Å²) in [4.78, 5) is 12.9. The van der Waals surface area contributed by atoms with Gasteiger partial charge in [-0.05, 0) is 12.8 Å². The summed E-state index contributed by atoms with van der Waals surface area (Å²) in [7, 11) is 0. The molecule has 0 aromatic rings. The van der Waals surface area contributed by atoms with Crippen LogP contribution in [0, 0.1) is 0 Å². The molecule has 0 aromatic heterocycles. The minimum absolute atomic E-state index is 0.126. The van der Waals surface area contributed by atoms with Crippen molar-refractivity contribution in [3.8, 4) is 0 Å². The Labute approximate surface area is 345 Å². The van der Waals surface area contributed by atoms with Crippen molar-refractivity contribution in [1.29, 1.82) is 0 Å². The molecule has 1 aliphatic rings. The Kier molecular flexibility index (Phi) is 36.0. The van der Waals surface area contributed by atoms with Crippen molar-refractivity contribution in [1.82, 2.24) is 5.32 Å². The SMILES string of the molecule is CCCCCCCCCCCCCCCCCCCCCCCCCC(=O)N[C@@H](CO[C@H]1O[C@H](CO)[C@H](O)[C@H](O)[C@H]1O)[C@H](O)[C@H](O)COCOCCOCCCC. The van der Waals surface area contributed by atoms with Crippen LogP contribution < -0.4 is 5.32 Å². The second-order valence-electron chi connectivity index (χ2n) is 16.2. The molecule has 0 unspecified atom stereocenters. The molecule has 8 atom stereocenters. The van der Waals surface area contributed by atoms with Crippen LogP contribution in [0.4, 0.5) is 0 Å². The van der Waals surface area contributed by atoms with E-state index in [1.165, 1.54) is 122 Å². The molecule has 0 aliphatic carbocycles. The molecule has 0 spiro atoms. The molecule has 0 aromatic carbocycles. The fourth-order valence-corrected chi connectivity index (χ4v) is 7.10. The molecule has 1 saturated heterocycles. The predicted molar refractivity (Wildman–Crippen MR) is 223 cm³/mol. The number of ether oxygens (including phenoxy) is 5. The summed E-state index contributed by atoms with van der Waals surface area (Å²) in [6, 6.07) is -1.12. The number of unbranched alkanes of at least 4 members (excludes halogenated alkanes) is 23. The van der Waals surface area contributed by atoms with Crippen molar-refractivity contribution < 1.29 is 59.1 Å². The molecule has 1 rings (SSSR count). The largest absolute Gasteiger partial charge is 0.394 e. The highest BCUT2D eigenvalue weighted by atomic mass is 16.7. The van der Waals surface area contributed by atoms with Crippen molar-refractivity contribution in [2.75, 3.05) is 46.4 Å². The molecule has 7 N–H and O–H groups in total. The Bertz CT molecular complexity index is 886. The fourth-order valence-electron chi connectivity index (χ4n) is 7.10. The van der Waals surface area contributed by atoms with Gasteiger partial charge in [0.25, 0.3) is 0 Å². The lowest BCUT2D eigenvalue weighted by Crippen LogP contribution is -2.60. The Balaban J connectivity index is 2.25. The highest BCUT2D eigenvalue weighted by Gasteiger charge is 2.44. The van der Waals surface area contributed by atoms with E-state index in [0.29, 0.717) is 26.2 Å². The van der Waals surface area contributed by atoms with Crippen LogP contribution in [0.1, 0.15) is 181 Å². The maximum Gasteiger partial charge on any atom is 0.220 e. The first-order valence-electron chi connectivity index (χ1n) is 23.1. The van der Waals surface area contributed by atoms with Gasteiger partial charge in [0.2, 0.25) is 5.91 Å². The van der Waals surface area contributed by atoms with E-state index in [1.54, 1.807) is 0 Å². The minimum Gasteiger partial charge on any atom is -0.394 e. The van der Waals surface area contributed by atoms with Crippen LogP contribution in [-0.2, 0) is 28.5 Å². The second-order valence-corrected chi connectivity index (χ2v) is 16.2. The monoisotopic (exact) mass is 822 g/mol. The number of amides is 1. The molecule has 1 fully saturated rings. The highest BCUT2D eigenvalue weighted by molar-refractivity contribution is 5.76. The number of hydrogen-bond donors (Lipinski definition) is 7. The summed E-state index contributed by atoms with van der Waals surface area (Å²) in [5.41, 5.74) is 0. The summed E-state index contributed by atoms with van der Waals surface area (Å²) in [5.74, 6) is -0.334. The lowest BCUT2D eigenvalue weighted by Gasteiger charge is -2.40. The minimum atomic E-state index is -1.65. The Hall–Kier alpha value is -0.970. The maximum absolute atomic E-state index is 12.9. The van der Waals surface area contributed by atoms with Gasteiger partial charge < -0.3 is 59.6 Å². The van der Waals surface area contributed by atoms with Gasteiger partial charge in [-0.25, -0.2) is 0 Å². The van der Waals surface area contributed by atoms with Crippen LogP contribution in [-0.4, -0.2) is 132 Å². The summed E-state index contributed by atoms with van der Waals surface area (Å²) in [6.45, 7) is 4.29. The first kappa shape index (κ1) is 54.0. The third-order valence-electron chi connectivity index (χ3n) is 10.9. The summed E-state index contributed by atoms with van der Waals surface area (Å²) >= 11 is 0. The highest BCUT2D eigenvalue weighted by Crippen LogP contribution is 2.23. The zero-order valence-electron chi connectivity index (χ0n) is 36.1. The van der Waals surface area contributed by atoms with Crippen LogP contribution >= 0.6 is 0 Å². The van der Waals surface area contributed by atoms with Gasteiger partial charge >= 0.3 is 0 Å². The number of aliphatic hydroxyl groups is 6. The molecule has 13 nitrogen and oxygen atoms in total. The van der Waals surface area contributed by atoms with Crippen molar-refractivity contribution in [3.05, 3.63) is 0 Å². The van der Waals surface area contributed by atoms with E-state index in [4.69, 9.17) is 23.7 Å². The fraction of sp³-hybridized carbons (Fsp3) is 0.977. The molecule has 0 saturated carbocycles. The van der Waals surface area contributed by atoms with Gasteiger partial charge in [-0.3, -0.25) is 4.79 Å². The van der Waals surface area contributed by atoms with Crippen LogP contribution in [0.15, 0.2) is 0 Å². The van der Waals surface area contributed by atoms with E-state index in [0.717, 1.165) is 32.1 Å². The smallest absolute Gasteiger partial charge is 0.220 e. The second kappa shape index (κ2) is 38.0. The van der Waals surface area contributed by atoms with E-state index >= 15 is 0 Å². The third-order valence-corrected chi connectivity index (χ3v) is 10.9. The Morgan fingerprint density at radius 3 is 1.54 bits per heavy atom. The Morgan fingerprint density at radius 1 is 0.579 bits per heavy atom. The molecule has 13 heteroatoms.